The van der Waals surface area contributed by atoms with E-state index in [1.807, 2.05) is 26.0 Å². The Labute approximate surface area is 218 Å². The Morgan fingerprint density at radius 2 is 1.72 bits per heavy atom. The lowest BCUT2D eigenvalue weighted by Gasteiger charge is -2.42. The molecule has 0 aromatic heterocycles. The first-order valence-electron chi connectivity index (χ1n) is 12.9. The smallest absolute Gasteiger partial charge is 0.416 e. The lowest BCUT2D eigenvalue weighted by molar-refractivity contribution is -0.137. The van der Waals surface area contributed by atoms with Gasteiger partial charge in [0.25, 0.3) is 0 Å². The molecule has 0 bridgehead atoms. The van der Waals surface area contributed by atoms with Crippen molar-refractivity contribution < 1.29 is 23.0 Å². The molecule has 0 heterocycles. The maximum atomic E-state index is 12.8. The highest BCUT2D eigenvalue weighted by molar-refractivity contribution is 6.32. The first-order valence-corrected chi connectivity index (χ1v) is 13.3. The third-order valence-corrected chi connectivity index (χ3v) is 7.03. The highest BCUT2D eigenvalue weighted by atomic mass is 35.5. The van der Waals surface area contributed by atoms with Gasteiger partial charge in [0.05, 0.1) is 16.2 Å². The molecule has 2 aromatic carbocycles. The first-order chi connectivity index (χ1) is 17.2. The molecule has 0 amide bonds. The number of ether oxygens (including phenoxy) is 1. The molecular formula is C28H40ClF3N2O2. The summed E-state index contributed by atoms with van der Waals surface area (Å²) in [6.07, 6.45) is 0.265. The number of benzene rings is 2. The summed E-state index contributed by atoms with van der Waals surface area (Å²) in [5.74, 6) is 0.342. The summed E-state index contributed by atoms with van der Waals surface area (Å²) in [5, 5.41) is 12.0. The van der Waals surface area contributed by atoms with Crippen LogP contribution in [0.3, 0.4) is 0 Å². The van der Waals surface area contributed by atoms with Crippen molar-refractivity contribution in [2.45, 2.75) is 77.2 Å². The lowest BCUT2D eigenvalue weighted by atomic mass is 9.72. The van der Waals surface area contributed by atoms with E-state index in [1.54, 1.807) is 6.07 Å². The maximum absolute atomic E-state index is 12.8. The van der Waals surface area contributed by atoms with Gasteiger partial charge in [0.1, 0.15) is 12.4 Å². The van der Waals surface area contributed by atoms with Gasteiger partial charge in [0.15, 0.2) is 0 Å². The van der Waals surface area contributed by atoms with E-state index < -0.39 is 17.3 Å². The van der Waals surface area contributed by atoms with Gasteiger partial charge in [-0.25, -0.2) is 0 Å². The summed E-state index contributed by atoms with van der Waals surface area (Å²) in [6.45, 7) is 9.02. The van der Waals surface area contributed by atoms with E-state index >= 15 is 0 Å². The highest BCUT2D eigenvalue weighted by Crippen LogP contribution is 2.42. The van der Waals surface area contributed by atoms with Crippen LogP contribution in [0, 0.1) is 0 Å². The van der Waals surface area contributed by atoms with E-state index in [0.717, 1.165) is 62.9 Å². The zero-order valence-corrected chi connectivity index (χ0v) is 22.3. The molecule has 202 valence electrons. The third kappa shape index (κ3) is 8.37. The number of nitrogens with zero attached hydrogens (tertiary/aromatic N) is 1. The van der Waals surface area contributed by atoms with Gasteiger partial charge >= 0.3 is 6.18 Å². The predicted molar refractivity (Wildman–Crippen MR) is 141 cm³/mol. The van der Waals surface area contributed by atoms with E-state index in [0.29, 0.717) is 29.4 Å². The second-order valence-electron chi connectivity index (χ2n) is 9.07. The Balaban J connectivity index is 0.00000222. The molecule has 0 spiro atoms. The van der Waals surface area contributed by atoms with Gasteiger partial charge in [-0.3, -0.25) is 0 Å². The zero-order chi connectivity index (χ0) is 26.8. The van der Waals surface area contributed by atoms with Crippen molar-refractivity contribution in [3.05, 3.63) is 64.2 Å². The Kier molecular flexibility index (Phi) is 12.0. The zero-order valence-electron chi connectivity index (χ0n) is 21.6. The summed E-state index contributed by atoms with van der Waals surface area (Å²) in [5.41, 5.74) is 5.86. The SMILES string of the molecule is CC.CCN(CCN)CC(c1ccc(OCc2ccc(C(F)(F)F)cc2)c(Cl)c1)C1(O)CCCCC1. The minimum absolute atomic E-state index is 0.102. The topological polar surface area (TPSA) is 58.7 Å². The summed E-state index contributed by atoms with van der Waals surface area (Å²) in [4.78, 5) is 2.25. The number of nitrogens with two attached hydrogens (primary N) is 1. The van der Waals surface area contributed by atoms with E-state index in [2.05, 4.69) is 11.8 Å². The number of aliphatic hydroxyl groups is 1. The van der Waals surface area contributed by atoms with Gasteiger partial charge in [-0.15, -0.1) is 0 Å². The number of halogens is 4. The number of alkyl halides is 3. The van der Waals surface area contributed by atoms with E-state index in [-0.39, 0.29) is 12.5 Å². The quantitative estimate of drug-likeness (QED) is 0.348. The summed E-state index contributed by atoms with van der Waals surface area (Å²) < 4.78 is 44.1. The van der Waals surface area contributed by atoms with Gasteiger partial charge in [-0.2, -0.15) is 13.2 Å². The van der Waals surface area contributed by atoms with Crippen LogP contribution in [0.1, 0.15) is 75.5 Å². The Morgan fingerprint density at radius 3 is 2.25 bits per heavy atom. The molecule has 3 N–H and O–H groups in total. The Hall–Kier alpha value is -1.80. The number of likely N-dealkylation sites (N-methyl/N-ethyl adjacent to an activating group) is 1. The fraction of sp³-hybridized carbons (Fsp3) is 0.571. The minimum Gasteiger partial charge on any atom is -0.487 e. The third-order valence-electron chi connectivity index (χ3n) is 6.74. The minimum atomic E-state index is -4.37. The standard InChI is InChI=1S/C26H34ClF3N2O2.C2H6/c1-2-32(15-14-31)17-22(25(33)12-4-3-5-13-25)20-8-11-24(23(27)16-20)34-18-19-6-9-21(10-7-19)26(28,29)30;1-2/h6-11,16,22,33H,2-5,12-15,17-18,31H2,1H3;1-2H3. The van der Waals surface area contributed by atoms with Crippen LogP contribution in [-0.2, 0) is 12.8 Å². The first kappa shape index (κ1) is 30.4. The fourth-order valence-corrected chi connectivity index (χ4v) is 4.96. The fourth-order valence-electron chi connectivity index (χ4n) is 4.72. The van der Waals surface area contributed by atoms with E-state index in [4.69, 9.17) is 22.1 Å². The van der Waals surface area contributed by atoms with Crippen molar-refractivity contribution in [1.29, 1.82) is 0 Å². The van der Waals surface area contributed by atoms with Crippen LogP contribution in [0.4, 0.5) is 13.2 Å². The highest BCUT2D eigenvalue weighted by Gasteiger charge is 2.39. The van der Waals surface area contributed by atoms with Crippen molar-refractivity contribution in [2.75, 3.05) is 26.2 Å². The number of rotatable bonds is 10. The second-order valence-corrected chi connectivity index (χ2v) is 9.48. The molecule has 8 heteroatoms. The molecule has 0 saturated heterocycles. The van der Waals surface area contributed by atoms with Gasteiger partial charge in [0, 0.05) is 25.6 Å². The summed E-state index contributed by atoms with van der Waals surface area (Å²) in [6, 6.07) is 10.4. The number of hydrogen-bond acceptors (Lipinski definition) is 4. The summed E-state index contributed by atoms with van der Waals surface area (Å²) >= 11 is 6.55. The van der Waals surface area contributed by atoms with Crippen LogP contribution >= 0.6 is 11.6 Å². The van der Waals surface area contributed by atoms with Crippen molar-refractivity contribution in [2.24, 2.45) is 5.73 Å². The van der Waals surface area contributed by atoms with Crippen LogP contribution in [0.5, 0.6) is 5.75 Å². The molecule has 1 unspecified atom stereocenters. The molecule has 4 nitrogen and oxygen atoms in total. The van der Waals surface area contributed by atoms with E-state index in [1.165, 1.54) is 12.1 Å². The molecular weight excluding hydrogens is 489 g/mol. The van der Waals surface area contributed by atoms with E-state index in [9.17, 15) is 18.3 Å². The molecule has 1 fully saturated rings. The van der Waals surface area contributed by atoms with Gasteiger partial charge in [0.2, 0.25) is 0 Å². The average molecular weight is 529 g/mol. The Morgan fingerprint density at radius 1 is 1.08 bits per heavy atom. The average Bonchev–Trinajstić information content (AvgIpc) is 2.87. The van der Waals surface area contributed by atoms with Crippen LogP contribution in [-0.4, -0.2) is 41.8 Å². The van der Waals surface area contributed by atoms with Gasteiger partial charge in [-0.1, -0.05) is 69.8 Å². The van der Waals surface area contributed by atoms with Crippen molar-refractivity contribution in [3.63, 3.8) is 0 Å². The molecule has 36 heavy (non-hydrogen) atoms. The molecule has 2 aromatic rings. The van der Waals surface area contributed by atoms with Crippen LogP contribution in [0.15, 0.2) is 42.5 Å². The normalized spacial score (nSPS) is 16.3. The maximum Gasteiger partial charge on any atom is 0.416 e. The van der Waals surface area contributed by atoms with Crippen LogP contribution in [0.2, 0.25) is 5.02 Å². The molecule has 1 aliphatic carbocycles. The predicted octanol–water partition coefficient (Wildman–Crippen LogP) is 7.02. The number of hydrogen-bond donors (Lipinski definition) is 2. The molecule has 1 aliphatic rings. The lowest BCUT2D eigenvalue weighted by Crippen LogP contribution is -2.45. The molecule has 1 saturated carbocycles. The summed E-state index contributed by atoms with van der Waals surface area (Å²) in [7, 11) is 0. The van der Waals surface area contributed by atoms with Crippen LogP contribution < -0.4 is 10.5 Å². The molecule has 3 rings (SSSR count). The van der Waals surface area contributed by atoms with Crippen molar-refractivity contribution in [3.8, 4) is 5.75 Å². The van der Waals surface area contributed by atoms with Crippen molar-refractivity contribution in [1.82, 2.24) is 4.90 Å². The Bertz CT molecular complexity index is 916. The molecule has 0 radical (unpaired) electrons. The van der Waals surface area contributed by atoms with Crippen LogP contribution in [0.25, 0.3) is 0 Å². The van der Waals surface area contributed by atoms with Crippen molar-refractivity contribution >= 4 is 11.6 Å². The molecule has 1 atom stereocenters. The largest absolute Gasteiger partial charge is 0.487 e. The van der Waals surface area contributed by atoms with Gasteiger partial charge < -0.3 is 20.5 Å². The van der Waals surface area contributed by atoms with Gasteiger partial charge in [-0.05, 0) is 54.8 Å². The monoisotopic (exact) mass is 528 g/mol. The second kappa shape index (κ2) is 14.2. The molecule has 0 aliphatic heterocycles.